The molecular formula is C22H22N2O2. The zero-order chi connectivity index (χ0) is 17.9. The highest BCUT2D eigenvalue weighted by molar-refractivity contribution is 5.62. The van der Waals surface area contributed by atoms with E-state index in [9.17, 15) is 5.11 Å². The minimum absolute atomic E-state index is 0.0265. The summed E-state index contributed by atoms with van der Waals surface area (Å²) in [5.41, 5.74) is 10.4. The van der Waals surface area contributed by atoms with E-state index in [1.807, 2.05) is 42.5 Å². The first-order valence-corrected chi connectivity index (χ1v) is 8.80. The number of phenols is 1. The summed E-state index contributed by atoms with van der Waals surface area (Å²) in [6, 6.07) is 23.7. The van der Waals surface area contributed by atoms with Crippen LogP contribution in [0.25, 0.3) is 0 Å². The molecule has 1 atom stereocenters. The van der Waals surface area contributed by atoms with Crippen molar-refractivity contribution in [3.05, 3.63) is 89.5 Å². The molecule has 1 aliphatic heterocycles. The van der Waals surface area contributed by atoms with Crippen molar-refractivity contribution in [2.24, 2.45) is 5.73 Å². The fourth-order valence-electron chi connectivity index (χ4n) is 3.53. The van der Waals surface area contributed by atoms with Crippen LogP contribution in [-0.2, 0) is 13.2 Å². The molecule has 132 valence electrons. The Morgan fingerprint density at radius 3 is 2.54 bits per heavy atom. The van der Waals surface area contributed by atoms with E-state index in [0.717, 1.165) is 23.5 Å². The summed E-state index contributed by atoms with van der Waals surface area (Å²) in [4.78, 5) is 2.15. The van der Waals surface area contributed by atoms with Gasteiger partial charge in [-0.15, -0.1) is 0 Å². The molecule has 0 aromatic heterocycles. The zero-order valence-electron chi connectivity index (χ0n) is 14.5. The molecular weight excluding hydrogens is 324 g/mol. The van der Waals surface area contributed by atoms with E-state index in [0.29, 0.717) is 13.2 Å². The summed E-state index contributed by atoms with van der Waals surface area (Å²) in [5.74, 6) is 1.12. The summed E-state index contributed by atoms with van der Waals surface area (Å²) in [5, 5.41) is 10.2. The molecule has 0 amide bonds. The summed E-state index contributed by atoms with van der Waals surface area (Å²) >= 11 is 0. The van der Waals surface area contributed by atoms with Crippen molar-refractivity contribution < 1.29 is 9.84 Å². The van der Waals surface area contributed by atoms with E-state index in [-0.39, 0.29) is 11.8 Å². The quantitative estimate of drug-likeness (QED) is 0.733. The van der Waals surface area contributed by atoms with Crippen LogP contribution in [0.2, 0.25) is 0 Å². The molecule has 0 fully saturated rings. The number of fused-ring (bicyclic) bond motifs is 1. The number of phenolic OH excluding ortho intramolecular Hbond substituents is 1. The van der Waals surface area contributed by atoms with Gasteiger partial charge in [-0.05, 0) is 41.0 Å². The third-order valence-electron chi connectivity index (χ3n) is 4.86. The highest BCUT2D eigenvalue weighted by Gasteiger charge is 2.31. The lowest BCUT2D eigenvalue weighted by atomic mass is 10.0. The number of para-hydroxylation sites is 2. The van der Waals surface area contributed by atoms with Gasteiger partial charge in [-0.25, -0.2) is 0 Å². The van der Waals surface area contributed by atoms with Crippen molar-refractivity contribution in [2.75, 3.05) is 11.4 Å². The SMILES string of the molecule is NCC1c2cc(OCc3ccccc3)ccc2CN1c1ccccc1O. The topological polar surface area (TPSA) is 58.7 Å². The van der Waals surface area contributed by atoms with Crippen molar-refractivity contribution in [3.63, 3.8) is 0 Å². The van der Waals surface area contributed by atoms with Gasteiger partial charge >= 0.3 is 0 Å². The average molecular weight is 346 g/mol. The third-order valence-corrected chi connectivity index (χ3v) is 4.86. The monoisotopic (exact) mass is 346 g/mol. The molecule has 1 unspecified atom stereocenters. The smallest absolute Gasteiger partial charge is 0.138 e. The van der Waals surface area contributed by atoms with Crippen LogP contribution in [0.3, 0.4) is 0 Å². The lowest BCUT2D eigenvalue weighted by molar-refractivity contribution is 0.306. The van der Waals surface area contributed by atoms with E-state index in [2.05, 4.69) is 29.2 Å². The first-order valence-electron chi connectivity index (χ1n) is 8.80. The Balaban J connectivity index is 1.57. The number of rotatable bonds is 5. The number of aromatic hydroxyl groups is 1. The van der Waals surface area contributed by atoms with Gasteiger partial charge in [-0.1, -0.05) is 48.5 Å². The van der Waals surface area contributed by atoms with Gasteiger partial charge < -0.3 is 20.5 Å². The minimum Gasteiger partial charge on any atom is -0.506 e. The zero-order valence-corrected chi connectivity index (χ0v) is 14.5. The van der Waals surface area contributed by atoms with Crippen LogP contribution in [0.4, 0.5) is 5.69 Å². The summed E-state index contributed by atoms with van der Waals surface area (Å²) in [6.07, 6.45) is 0. The fraction of sp³-hybridized carbons (Fsp3) is 0.182. The number of benzene rings is 3. The number of ether oxygens (including phenoxy) is 1. The van der Waals surface area contributed by atoms with Gasteiger partial charge in [0.1, 0.15) is 18.1 Å². The maximum atomic E-state index is 10.2. The van der Waals surface area contributed by atoms with Gasteiger partial charge in [-0.2, -0.15) is 0 Å². The molecule has 0 aliphatic carbocycles. The van der Waals surface area contributed by atoms with Crippen molar-refractivity contribution in [2.45, 2.75) is 19.2 Å². The molecule has 0 saturated heterocycles. The van der Waals surface area contributed by atoms with Crippen LogP contribution in [0.15, 0.2) is 72.8 Å². The number of hydrogen-bond donors (Lipinski definition) is 2. The molecule has 3 aromatic rings. The Kier molecular flexibility index (Phi) is 4.50. The standard InChI is InChI=1S/C22H22N2O2/c23-13-21-19-12-18(26-15-16-6-2-1-3-7-16)11-10-17(19)14-24(21)20-8-4-5-9-22(20)25/h1-12,21,25H,13-15,23H2. The molecule has 0 saturated carbocycles. The molecule has 3 aromatic carbocycles. The summed E-state index contributed by atoms with van der Waals surface area (Å²) in [6.45, 7) is 1.74. The molecule has 4 nitrogen and oxygen atoms in total. The van der Waals surface area contributed by atoms with Gasteiger partial charge in [0.05, 0.1) is 11.7 Å². The van der Waals surface area contributed by atoms with Crippen LogP contribution < -0.4 is 15.4 Å². The van der Waals surface area contributed by atoms with Crippen molar-refractivity contribution in [3.8, 4) is 11.5 Å². The number of nitrogens with zero attached hydrogens (tertiary/aromatic N) is 1. The predicted molar refractivity (Wildman–Crippen MR) is 103 cm³/mol. The highest BCUT2D eigenvalue weighted by atomic mass is 16.5. The predicted octanol–water partition coefficient (Wildman–Crippen LogP) is 3.99. The molecule has 1 heterocycles. The molecule has 26 heavy (non-hydrogen) atoms. The van der Waals surface area contributed by atoms with E-state index < -0.39 is 0 Å². The molecule has 4 heteroatoms. The van der Waals surface area contributed by atoms with Crippen LogP contribution in [0.1, 0.15) is 22.7 Å². The normalized spacial score (nSPS) is 15.7. The molecule has 4 rings (SSSR count). The fourth-order valence-corrected chi connectivity index (χ4v) is 3.53. The largest absolute Gasteiger partial charge is 0.506 e. The van der Waals surface area contributed by atoms with Gasteiger partial charge in [0, 0.05) is 13.1 Å². The van der Waals surface area contributed by atoms with Crippen LogP contribution in [0, 0.1) is 0 Å². The lowest BCUT2D eigenvalue weighted by Gasteiger charge is -2.27. The van der Waals surface area contributed by atoms with Crippen molar-refractivity contribution in [1.82, 2.24) is 0 Å². The second kappa shape index (κ2) is 7.10. The minimum atomic E-state index is 0.0265. The third kappa shape index (κ3) is 3.11. The van der Waals surface area contributed by atoms with E-state index in [4.69, 9.17) is 10.5 Å². The van der Waals surface area contributed by atoms with E-state index in [1.165, 1.54) is 11.1 Å². The summed E-state index contributed by atoms with van der Waals surface area (Å²) < 4.78 is 5.97. The van der Waals surface area contributed by atoms with Crippen molar-refractivity contribution >= 4 is 5.69 Å². The Morgan fingerprint density at radius 1 is 1.00 bits per heavy atom. The Morgan fingerprint density at radius 2 is 1.77 bits per heavy atom. The van der Waals surface area contributed by atoms with Crippen molar-refractivity contribution in [1.29, 1.82) is 0 Å². The van der Waals surface area contributed by atoms with E-state index in [1.54, 1.807) is 6.07 Å². The second-order valence-electron chi connectivity index (χ2n) is 6.50. The maximum absolute atomic E-state index is 10.2. The van der Waals surface area contributed by atoms with Gasteiger partial charge in [-0.3, -0.25) is 0 Å². The lowest BCUT2D eigenvalue weighted by Crippen LogP contribution is -2.27. The maximum Gasteiger partial charge on any atom is 0.138 e. The molecule has 0 radical (unpaired) electrons. The van der Waals surface area contributed by atoms with Crippen LogP contribution in [-0.4, -0.2) is 11.7 Å². The Bertz CT molecular complexity index is 896. The first kappa shape index (κ1) is 16.5. The first-order chi connectivity index (χ1) is 12.8. The van der Waals surface area contributed by atoms with Crippen LogP contribution in [0.5, 0.6) is 11.5 Å². The molecule has 0 spiro atoms. The Hall–Kier alpha value is -2.98. The van der Waals surface area contributed by atoms with Gasteiger partial charge in [0.2, 0.25) is 0 Å². The van der Waals surface area contributed by atoms with E-state index >= 15 is 0 Å². The van der Waals surface area contributed by atoms with Crippen LogP contribution >= 0.6 is 0 Å². The Labute approximate surface area is 153 Å². The molecule has 3 N–H and O–H groups in total. The van der Waals surface area contributed by atoms with Gasteiger partial charge in [0.25, 0.3) is 0 Å². The number of hydrogen-bond acceptors (Lipinski definition) is 4. The summed E-state index contributed by atoms with van der Waals surface area (Å²) in [7, 11) is 0. The number of anilines is 1. The second-order valence-corrected chi connectivity index (χ2v) is 6.50. The van der Waals surface area contributed by atoms with Gasteiger partial charge in [0.15, 0.2) is 0 Å². The highest BCUT2D eigenvalue weighted by Crippen LogP contribution is 2.41. The average Bonchev–Trinajstić information content (AvgIpc) is 3.05. The molecule has 0 bridgehead atoms. The number of nitrogens with two attached hydrogens (primary N) is 1. The molecule has 1 aliphatic rings.